The van der Waals surface area contributed by atoms with Gasteiger partial charge < -0.3 is 14.9 Å². The Kier molecular flexibility index (Phi) is 6.24. The van der Waals surface area contributed by atoms with Crippen LogP contribution in [0.2, 0.25) is 0 Å². The van der Waals surface area contributed by atoms with E-state index in [9.17, 15) is 4.79 Å². The third kappa shape index (κ3) is 5.23. The summed E-state index contributed by atoms with van der Waals surface area (Å²) in [5, 5.41) is 26.2. The third-order valence-electron chi connectivity index (χ3n) is 2.53. The van der Waals surface area contributed by atoms with Crippen molar-refractivity contribution in [3.8, 4) is 0 Å². The average Bonchev–Trinajstić information content (AvgIpc) is 2.38. The highest BCUT2D eigenvalue weighted by Crippen LogP contribution is 2.07. The molecule has 3 N–H and O–H groups in total. The van der Waals surface area contributed by atoms with Crippen LogP contribution in [0.5, 0.6) is 0 Å². The van der Waals surface area contributed by atoms with Gasteiger partial charge in [-0.3, -0.25) is 4.79 Å². The molecule has 19 heavy (non-hydrogen) atoms. The zero-order valence-corrected chi connectivity index (χ0v) is 10.4. The lowest BCUT2D eigenvalue weighted by Gasteiger charge is -2.16. The average molecular weight is 265 g/mol. The van der Waals surface area contributed by atoms with Gasteiger partial charge >= 0.3 is 7.12 Å². The molecule has 102 valence electrons. The van der Waals surface area contributed by atoms with Crippen molar-refractivity contribution >= 4 is 19.0 Å². The van der Waals surface area contributed by atoms with Crippen molar-refractivity contribution in [1.29, 1.82) is 0 Å². The normalized spacial score (nSPS) is 10.1. The molecule has 7 heteroatoms. The summed E-state index contributed by atoms with van der Waals surface area (Å²) in [6, 6.07) is 6.74. The minimum Gasteiger partial charge on any atom is -0.423 e. The first-order chi connectivity index (χ1) is 9.06. The van der Waals surface area contributed by atoms with Crippen LogP contribution in [0.3, 0.4) is 0 Å². The molecule has 0 heterocycles. The maximum absolute atomic E-state index is 10.6. The number of hydrogen-bond acceptors (Lipinski definition) is 5. The monoisotopic (exact) mass is 265 g/mol. The summed E-state index contributed by atoms with van der Waals surface area (Å²) in [5.74, 6) is 0. The van der Waals surface area contributed by atoms with Crippen LogP contribution in [0.1, 0.15) is 5.56 Å². The number of carbonyl (C=O) groups is 1. The Labute approximate surface area is 111 Å². The molecule has 0 aliphatic carbocycles. The zero-order chi connectivity index (χ0) is 14.3. The van der Waals surface area contributed by atoms with Crippen LogP contribution in [-0.2, 0) is 16.1 Å². The smallest absolute Gasteiger partial charge is 0.423 e. The summed E-state index contributed by atoms with van der Waals surface area (Å²) in [6.45, 7) is 3.90. The number of nitrogens with zero attached hydrogens (tertiary/aromatic N) is 1. The number of benzene rings is 1. The van der Waals surface area contributed by atoms with Gasteiger partial charge in [0.2, 0.25) is 6.41 Å². The summed E-state index contributed by atoms with van der Waals surface area (Å²) in [7, 11) is -1.48. The van der Waals surface area contributed by atoms with E-state index in [0.29, 0.717) is 18.3 Å². The molecule has 1 rings (SSSR count). The fraction of sp³-hybridized carbons (Fsp3) is 0.250. The van der Waals surface area contributed by atoms with Gasteiger partial charge in [-0.25, -0.2) is 10.1 Å². The Bertz CT molecular complexity index is 421. The van der Waals surface area contributed by atoms with Crippen LogP contribution < -0.4 is 5.46 Å². The minimum atomic E-state index is -1.48. The van der Waals surface area contributed by atoms with Crippen molar-refractivity contribution in [2.45, 2.75) is 6.42 Å². The molecule has 0 spiro atoms. The number of amides is 1. The molecule has 0 fully saturated rings. The van der Waals surface area contributed by atoms with Crippen LogP contribution in [0.4, 0.5) is 0 Å². The van der Waals surface area contributed by atoms with E-state index in [4.69, 9.17) is 15.3 Å². The maximum Gasteiger partial charge on any atom is 0.488 e. The van der Waals surface area contributed by atoms with Crippen molar-refractivity contribution < 1.29 is 25.0 Å². The summed E-state index contributed by atoms with van der Waals surface area (Å²) in [5.41, 5.74) is 2.11. The van der Waals surface area contributed by atoms with Crippen molar-refractivity contribution in [1.82, 2.24) is 4.90 Å². The first-order valence-electron chi connectivity index (χ1n) is 5.64. The lowest BCUT2D eigenvalue weighted by atomic mass is 9.80. The lowest BCUT2D eigenvalue weighted by molar-refractivity contribution is -0.264. The summed E-state index contributed by atoms with van der Waals surface area (Å²) >= 11 is 0. The molecule has 0 unspecified atom stereocenters. The molecule has 0 aliphatic rings. The number of rotatable bonds is 8. The van der Waals surface area contributed by atoms with Gasteiger partial charge in [0, 0.05) is 6.54 Å². The van der Waals surface area contributed by atoms with E-state index in [1.54, 1.807) is 24.3 Å². The molecule has 1 aromatic carbocycles. The predicted molar refractivity (Wildman–Crippen MR) is 70.5 cm³/mol. The van der Waals surface area contributed by atoms with E-state index in [1.165, 1.54) is 4.90 Å². The van der Waals surface area contributed by atoms with Crippen molar-refractivity contribution in [3.63, 3.8) is 0 Å². The fourth-order valence-electron chi connectivity index (χ4n) is 1.63. The quantitative estimate of drug-likeness (QED) is 0.145. The zero-order valence-electron chi connectivity index (χ0n) is 10.4. The Morgan fingerprint density at radius 1 is 1.37 bits per heavy atom. The van der Waals surface area contributed by atoms with Gasteiger partial charge in [-0.05, 0) is 17.4 Å². The van der Waals surface area contributed by atoms with Crippen LogP contribution in [-0.4, -0.2) is 47.0 Å². The lowest BCUT2D eigenvalue weighted by Crippen LogP contribution is -2.29. The van der Waals surface area contributed by atoms with E-state index in [0.717, 1.165) is 11.1 Å². The van der Waals surface area contributed by atoms with Crippen molar-refractivity contribution in [3.05, 3.63) is 42.0 Å². The van der Waals surface area contributed by atoms with E-state index in [-0.39, 0.29) is 13.3 Å². The second-order valence-corrected chi connectivity index (χ2v) is 4.15. The van der Waals surface area contributed by atoms with Crippen LogP contribution in [0.25, 0.3) is 0 Å². The second-order valence-electron chi connectivity index (χ2n) is 4.15. The van der Waals surface area contributed by atoms with Crippen molar-refractivity contribution in [2.75, 3.05) is 13.3 Å². The second kappa shape index (κ2) is 7.70. The molecule has 0 saturated heterocycles. The fourth-order valence-corrected chi connectivity index (χ4v) is 1.63. The highest BCUT2D eigenvalue weighted by atomic mass is 17.1. The van der Waals surface area contributed by atoms with Crippen molar-refractivity contribution in [2.24, 2.45) is 0 Å². The summed E-state index contributed by atoms with van der Waals surface area (Å²) in [6.07, 6.45) is 1.10. The van der Waals surface area contributed by atoms with Crippen LogP contribution >= 0.6 is 0 Å². The largest absolute Gasteiger partial charge is 0.488 e. The molecule has 0 aromatic heterocycles. The first-order valence-corrected chi connectivity index (χ1v) is 5.64. The third-order valence-corrected chi connectivity index (χ3v) is 2.53. The molecule has 0 saturated carbocycles. The highest BCUT2D eigenvalue weighted by Gasteiger charge is 2.10. The predicted octanol–water partition coefficient (Wildman–Crippen LogP) is -0.629. The topological polar surface area (TPSA) is 90.2 Å². The Hall–Kier alpha value is -1.67. The van der Waals surface area contributed by atoms with E-state index in [1.807, 2.05) is 0 Å². The Morgan fingerprint density at radius 3 is 2.47 bits per heavy atom. The van der Waals surface area contributed by atoms with Crippen LogP contribution in [0.15, 0.2) is 36.4 Å². The molecule has 6 nitrogen and oxygen atoms in total. The van der Waals surface area contributed by atoms with Gasteiger partial charge in [0.25, 0.3) is 0 Å². The van der Waals surface area contributed by atoms with E-state index in [2.05, 4.69) is 11.5 Å². The number of hydrogen-bond donors (Lipinski definition) is 3. The van der Waals surface area contributed by atoms with Gasteiger partial charge in [-0.2, -0.15) is 0 Å². The summed E-state index contributed by atoms with van der Waals surface area (Å²) < 4.78 is 0. The van der Waals surface area contributed by atoms with Gasteiger partial charge in [-0.15, -0.1) is 0 Å². The molecule has 1 aromatic rings. The molecular formula is C12H16BNO5. The van der Waals surface area contributed by atoms with E-state index >= 15 is 0 Å². The van der Waals surface area contributed by atoms with Gasteiger partial charge in [0.1, 0.15) is 0 Å². The molecule has 0 atom stereocenters. The molecular weight excluding hydrogens is 249 g/mol. The summed E-state index contributed by atoms with van der Waals surface area (Å²) in [4.78, 5) is 15.8. The minimum absolute atomic E-state index is 0.210. The molecule has 0 bridgehead atoms. The maximum atomic E-state index is 10.6. The van der Waals surface area contributed by atoms with Gasteiger partial charge in [0.15, 0.2) is 6.73 Å². The first kappa shape index (κ1) is 15.4. The Balaban J connectivity index is 2.54. The standard InChI is InChI=1S/C12H16BNO5/c1-10(7-14(8-15)9-19-18)6-11-2-4-12(5-3-11)13(16)17/h2-5,8,16-18H,1,6-7,9H2. The SMILES string of the molecule is C=C(Cc1ccc(B(O)O)cc1)CN(C=O)COO. The Morgan fingerprint density at radius 2 is 2.00 bits per heavy atom. The van der Waals surface area contributed by atoms with Gasteiger partial charge in [0.05, 0.1) is 0 Å². The van der Waals surface area contributed by atoms with Crippen LogP contribution in [0, 0.1) is 0 Å². The molecule has 1 amide bonds. The molecule has 0 aliphatic heterocycles. The highest BCUT2D eigenvalue weighted by molar-refractivity contribution is 6.58. The van der Waals surface area contributed by atoms with E-state index < -0.39 is 7.12 Å². The number of carbonyl (C=O) groups excluding carboxylic acids is 1. The molecule has 0 radical (unpaired) electrons. The van der Waals surface area contributed by atoms with Gasteiger partial charge in [-0.1, -0.05) is 36.4 Å².